The summed E-state index contributed by atoms with van der Waals surface area (Å²) in [6.07, 6.45) is 16.0. The smallest absolute Gasteiger partial charge is 0.320 e. The Morgan fingerprint density at radius 1 is 0.542 bits per heavy atom. The second-order valence-corrected chi connectivity index (χ2v) is 53.9. The minimum absolute atomic E-state index is 0.00870. The molecule has 4 saturated carbocycles. The Morgan fingerprint density at radius 3 is 1.06 bits per heavy atom. The molecule has 83 heavy (non-hydrogen) atoms. The third-order valence-corrected chi connectivity index (χ3v) is 44.2. The molecule has 484 valence electrons. The van der Waals surface area contributed by atoms with Crippen LogP contribution in [0.15, 0.2) is 0 Å². The highest BCUT2D eigenvalue weighted by molar-refractivity contribution is 6.93. The summed E-state index contributed by atoms with van der Waals surface area (Å²) in [4.78, 5) is 66.7. The highest BCUT2D eigenvalue weighted by atomic mass is 28.5. The van der Waals surface area contributed by atoms with Crippen LogP contribution in [-0.4, -0.2) is 97.9 Å². The van der Waals surface area contributed by atoms with Crippen molar-refractivity contribution in [3.63, 3.8) is 0 Å². The van der Waals surface area contributed by atoms with Gasteiger partial charge in [0.05, 0.1) is 34.5 Å². The Hall–Kier alpha value is -1.68. The molecule has 12 atom stereocenters. The molecule has 21 heteroatoms. The van der Waals surface area contributed by atoms with Crippen LogP contribution in [-0.2, 0) is 68.3 Å². The van der Waals surface area contributed by atoms with Crippen LogP contribution in [0.3, 0.4) is 0 Å². The van der Waals surface area contributed by atoms with Crippen LogP contribution in [0.4, 0.5) is 0 Å². The number of carbonyl (C=O) groups excluding carboxylic acids is 6. The lowest BCUT2D eigenvalue weighted by Crippen LogP contribution is -2.66. The molecule has 0 radical (unpaired) electrons. The molecule has 12 unspecified atom stereocenters. The lowest BCUT2D eigenvalue weighted by Gasteiger charge is -2.49. The van der Waals surface area contributed by atoms with Crippen LogP contribution in [0.1, 0.15) is 201 Å². The normalized spacial score (nSPS) is 31.7. The van der Waals surface area contributed by atoms with Gasteiger partial charge in [-0.3, -0.25) is 28.8 Å². The van der Waals surface area contributed by atoms with Gasteiger partial charge in [-0.15, -0.1) is 0 Å². The molecule has 3 aliphatic heterocycles. The van der Waals surface area contributed by atoms with Gasteiger partial charge in [-0.2, -0.15) is 0 Å². The fourth-order valence-electron chi connectivity index (χ4n) is 12.6. The van der Waals surface area contributed by atoms with E-state index in [0.29, 0.717) is 17.4 Å². The molecule has 7 aliphatic rings. The summed E-state index contributed by atoms with van der Waals surface area (Å²) >= 11 is 0. The first-order valence-electron chi connectivity index (χ1n) is 32.1. The summed E-state index contributed by atoms with van der Waals surface area (Å²) in [6, 6.07) is 0. The first-order chi connectivity index (χ1) is 37.6. The van der Waals surface area contributed by atoms with E-state index in [-0.39, 0.29) is 57.6 Å². The SMILES string of the molecule is CC1C(=O)OC(=O)C1C.CC1C(=O)OC(=O)C1C.CCC(C)(C)C(=O)OC1(CC)CC2CCC1C2.CCC(C)(C)C(=O)OC1(CC)CC2CCC1C2.CCC(C)[Si](C)(C)O[Si](C)(C)C.CCC(C)[Si]1(C)O[Si](C)(C)O[Si](C)(C)O[Si](C)(C)O1. The Labute approximate surface area is 511 Å². The molecular formula is C62H122O15Si6. The second-order valence-electron chi connectivity index (χ2n) is 29.9. The average molecular weight is 1280 g/mol. The van der Waals surface area contributed by atoms with Crippen molar-refractivity contribution in [1.29, 1.82) is 0 Å². The van der Waals surface area contributed by atoms with Crippen LogP contribution in [0.2, 0.25) is 89.6 Å². The van der Waals surface area contributed by atoms with Crippen molar-refractivity contribution in [2.75, 3.05) is 0 Å². The van der Waals surface area contributed by atoms with Gasteiger partial charge in [0, 0.05) is 0 Å². The molecule has 0 amide bonds. The van der Waals surface area contributed by atoms with E-state index in [1.165, 1.54) is 44.9 Å². The van der Waals surface area contributed by atoms with E-state index in [9.17, 15) is 28.8 Å². The van der Waals surface area contributed by atoms with Crippen molar-refractivity contribution in [1.82, 2.24) is 0 Å². The molecular weight excluding hydrogens is 1150 g/mol. The number of ether oxygens (including phenoxy) is 4. The number of hydrogen-bond donors (Lipinski definition) is 0. The van der Waals surface area contributed by atoms with Gasteiger partial charge in [0.2, 0.25) is 0 Å². The van der Waals surface area contributed by atoms with Gasteiger partial charge in [-0.1, -0.05) is 95.9 Å². The zero-order valence-corrected chi connectivity index (χ0v) is 63.8. The maximum atomic E-state index is 12.3. The van der Waals surface area contributed by atoms with E-state index in [1.807, 2.05) is 27.7 Å². The Morgan fingerprint density at radius 2 is 0.855 bits per heavy atom. The lowest BCUT2D eigenvalue weighted by atomic mass is 9.81. The standard InChI is InChI=1S/2C15H26O2.C11H30O4Si4.C9H24OSi2.2C6H8O3/c2*1-5-14(3,4)13(16)17-15(6-2)10-11-7-8-12(15)9-11;1-10-11(2)19(9)14-17(5,6)12-16(3,4)13-18(7,8)15-19;1-8-9(2)12(6,7)10-11(3,4)5;2*1-3-4(2)6(8)9-5(3)7/h2*11-12H,5-10H2,1-4H3;11H,10H2,1-9H3;9H,8H2,1-7H3;2*3-4H,1-2H3. The van der Waals surface area contributed by atoms with Crippen molar-refractivity contribution >= 4 is 86.7 Å². The van der Waals surface area contributed by atoms with Crippen molar-refractivity contribution < 1.29 is 68.3 Å². The number of cyclic esters (lactones) is 4. The van der Waals surface area contributed by atoms with Gasteiger partial charge >= 0.3 is 70.1 Å². The highest BCUT2D eigenvalue weighted by Gasteiger charge is 2.56. The molecule has 0 aromatic heterocycles. The summed E-state index contributed by atoms with van der Waals surface area (Å²) in [5.41, 5.74) is 0.331. The van der Waals surface area contributed by atoms with E-state index >= 15 is 0 Å². The molecule has 3 heterocycles. The fourth-order valence-corrected chi connectivity index (χ4v) is 42.5. The summed E-state index contributed by atoms with van der Waals surface area (Å²) in [5.74, 6) is 0.326. The van der Waals surface area contributed by atoms with Gasteiger partial charge < -0.3 is 39.5 Å². The first kappa shape index (κ1) is 77.4. The van der Waals surface area contributed by atoms with Crippen molar-refractivity contribution in [2.24, 2.45) is 58.2 Å². The molecule has 7 fully saturated rings. The molecule has 0 spiro atoms. The second kappa shape index (κ2) is 30.2. The van der Waals surface area contributed by atoms with E-state index in [4.69, 9.17) is 30.0 Å². The van der Waals surface area contributed by atoms with Crippen LogP contribution in [0.5, 0.6) is 0 Å². The molecule has 4 aliphatic carbocycles. The minimum atomic E-state index is -2.26. The molecule has 4 bridgehead atoms. The van der Waals surface area contributed by atoms with Crippen molar-refractivity contribution in [2.45, 2.75) is 302 Å². The van der Waals surface area contributed by atoms with E-state index in [1.54, 1.807) is 27.7 Å². The Bertz CT molecular complexity index is 2020. The number of rotatable bonds is 14. The van der Waals surface area contributed by atoms with Crippen LogP contribution < -0.4 is 0 Å². The van der Waals surface area contributed by atoms with Gasteiger partial charge in [0.1, 0.15) is 11.2 Å². The van der Waals surface area contributed by atoms with E-state index < -0.39 is 74.8 Å². The Balaban J connectivity index is 0.000000347. The number of fused-ring (bicyclic) bond motifs is 4. The zero-order chi connectivity index (χ0) is 64.5. The molecule has 0 N–H and O–H groups in total. The highest BCUT2D eigenvalue weighted by Crippen LogP contribution is 2.56. The lowest BCUT2D eigenvalue weighted by molar-refractivity contribution is -0.178. The third-order valence-electron chi connectivity index (χ3n) is 19.6. The summed E-state index contributed by atoms with van der Waals surface area (Å²) in [7, 11) is -11.5. The fraction of sp³-hybridized carbons (Fsp3) is 0.903. The molecule has 3 saturated heterocycles. The minimum Gasteiger partial charge on any atom is -0.458 e. The molecule has 0 aromatic carbocycles. The van der Waals surface area contributed by atoms with Crippen molar-refractivity contribution in [3.05, 3.63) is 0 Å². The number of esters is 6. The zero-order valence-electron chi connectivity index (χ0n) is 57.8. The predicted molar refractivity (Wildman–Crippen MR) is 346 cm³/mol. The topological polar surface area (TPSA) is 185 Å². The van der Waals surface area contributed by atoms with Gasteiger partial charge in [-0.25, -0.2) is 0 Å². The van der Waals surface area contributed by atoms with Gasteiger partial charge in [0.25, 0.3) is 0 Å². The van der Waals surface area contributed by atoms with Crippen LogP contribution in [0.25, 0.3) is 0 Å². The first-order valence-corrected chi connectivity index (χ1v) is 49.3. The van der Waals surface area contributed by atoms with Crippen LogP contribution in [0, 0.1) is 58.2 Å². The molecule has 0 aromatic rings. The molecule has 15 nitrogen and oxygen atoms in total. The summed E-state index contributed by atoms with van der Waals surface area (Å²) < 4.78 is 52.5. The average Bonchev–Trinajstić information content (AvgIpc) is 4.31. The largest absolute Gasteiger partial charge is 0.458 e. The van der Waals surface area contributed by atoms with Crippen LogP contribution >= 0.6 is 0 Å². The monoisotopic (exact) mass is 1270 g/mol. The van der Waals surface area contributed by atoms with Gasteiger partial charge in [0.15, 0.2) is 16.6 Å². The number of carbonyl (C=O) groups is 6. The van der Waals surface area contributed by atoms with E-state index in [0.717, 1.165) is 62.3 Å². The summed E-state index contributed by atoms with van der Waals surface area (Å²) in [6.45, 7) is 58.6. The molecule has 7 rings (SSSR count). The van der Waals surface area contributed by atoms with Crippen molar-refractivity contribution in [3.8, 4) is 0 Å². The maximum Gasteiger partial charge on any atom is 0.320 e. The summed E-state index contributed by atoms with van der Waals surface area (Å²) in [5, 5.41) is 0. The van der Waals surface area contributed by atoms with E-state index in [2.05, 4.69) is 143 Å². The number of hydrogen-bond acceptors (Lipinski definition) is 15. The predicted octanol–water partition coefficient (Wildman–Crippen LogP) is 16.4. The maximum absolute atomic E-state index is 12.3. The third kappa shape index (κ3) is 21.8. The van der Waals surface area contributed by atoms with Gasteiger partial charge in [-0.05, 0) is 218 Å². The Kier molecular flexibility index (Phi) is 28.2. The quantitative estimate of drug-likeness (QED) is 0.0691.